The van der Waals surface area contributed by atoms with Crippen LogP contribution in [0.15, 0.2) is 71.3 Å². The van der Waals surface area contributed by atoms with Gasteiger partial charge in [0.1, 0.15) is 18.2 Å². The van der Waals surface area contributed by atoms with Gasteiger partial charge in [0.05, 0.1) is 5.56 Å². The van der Waals surface area contributed by atoms with Crippen molar-refractivity contribution < 1.29 is 10.4 Å². The molecule has 1 fully saturated rings. The lowest BCUT2D eigenvalue weighted by Gasteiger charge is -2.24. The van der Waals surface area contributed by atoms with E-state index in [-0.39, 0.29) is 0 Å². The van der Waals surface area contributed by atoms with Crippen molar-refractivity contribution in [1.82, 2.24) is 0 Å². The Morgan fingerprint density at radius 2 is 1.69 bits per heavy atom. The van der Waals surface area contributed by atoms with Crippen LogP contribution in [0.3, 0.4) is 0 Å². The Morgan fingerprint density at radius 1 is 0.861 bits per heavy atom. The molecule has 2 aliphatic carbocycles. The molecular weight excluding hydrogens is 438 g/mol. The Balaban J connectivity index is 1.49. The van der Waals surface area contributed by atoms with Gasteiger partial charge in [0, 0.05) is 29.8 Å². The molecule has 0 unspecified atom stereocenters. The van der Waals surface area contributed by atoms with Gasteiger partial charge in [-0.15, -0.1) is 0 Å². The fourth-order valence-electron chi connectivity index (χ4n) is 6.70. The van der Waals surface area contributed by atoms with E-state index < -0.39 is 5.89 Å². The van der Waals surface area contributed by atoms with E-state index in [0.29, 0.717) is 0 Å². The van der Waals surface area contributed by atoms with E-state index in [0.717, 1.165) is 64.4 Å². The normalized spacial score (nSPS) is 17.4. The average molecular weight is 474 g/mol. The van der Waals surface area contributed by atoms with Gasteiger partial charge in [0.15, 0.2) is 6.20 Å². The van der Waals surface area contributed by atoms with Crippen LogP contribution in [0.1, 0.15) is 68.0 Å². The smallest absolute Gasteiger partial charge is 0.216 e. The van der Waals surface area contributed by atoms with Crippen molar-refractivity contribution in [3.05, 3.63) is 89.1 Å². The van der Waals surface area contributed by atoms with Crippen LogP contribution in [0.5, 0.6) is 0 Å². The van der Waals surface area contributed by atoms with E-state index in [9.17, 15) is 1.37 Å². The minimum atomic E-state index is -0.439. The Morgan fingerprint density at radius 3 is 2.56 bits per heavy atom. The largest absolute Gasteiger partial charge is 0.454 e. The molecule has 0 saturated heterocycles. The first-order chi connectivity index (χ1) is 18.0. The molecule has 2 aromatic heterocycles. The van der Waals surface area contributed by atoms with Crippen molar-refractivity contribution in [2.24, 2.45) is 7.05 Å². The van der Waals surface area contributed by atoms with Gasteiger partial charge in [0.25, 0.3) is 0 Å². The third-order valence-electron chi connectivity index (χ3n) is 8.55. The first-order valence-electron chi connectivity index (χ1n) is 14.1. The van der Waals surface area contributed by atoms with E-state index in [1.807, 2.05) is 0 Å². The fourth-order valence-corrected chi connectivity index (χ4v) is 6.70. The minimum Gasteiger partial charge on any atom is -0.454 e. The number of aryl methyl sites for hydroxylation is 3. The molecule has 0 N–H and O–H groups in total. The molecule has 0 radical (unpaired) electrons. The highest BCUT2D eigenvalue weighted by Gasteiger charge is 2.26. The maximum Gasteiger partial charge on any atom is 0.216 e. The predicted octanol–water partition coefficient (Wildman–Crippen LogP) is 8.59. The van der Waals surface area contributed by atoms with Gasteiger partial charge < -0.3 is 4.42 Å². The second-order valence-electron chi connectivity index (χ2n) is 10.8. The monoisotopic (exact) mass is 473 g/mol. The van der Waals surface area contributed by atoms with Gasteiger partial charge in [0.2, 0.25) is 5.69 Å². The number of para-hydroxylation sites is 1. The SMILES string of the molecule is [2H]C1(c2cc(-c3cccc4c3oc3c(-c5cccc[n+]5C)c(C)ccc34)cc3c2CCCC3)CCCC1. The molecule has 2 aliphatic rings. The summed E-state index contributed by atoms with van der Waals surface area (Å²) in [5, 5.41) is 2.32. The number of fused-ring (bicyclic) bond motifs is 4. The van der Waals surface area contributed by atoms with Crippen LogP contribution < -0.4 is 4.57 Å². The van der Waals surface area contributed by atoms with Gasteiger partial charge in [-0.2, -0.15) is 0 Å². The van der Waals surface area contributed by atoms with Crippen molar-refractivity contribution in [2.45, 2.75) is 64.2 Å². The zero-order valence-electron chi connectivity index (χ0n) is 22.4. The zero-order chi connectivity index (χ0) is 25.1. The van der Waals surface area contributed by atoms with Crippen LogP contribution >= 0.6 is 0 Å². The standard InChI is InChI=1S/C34H34NO/c1-22-17-18-29-28-15-9-14-27(33(28)36-34(29)32(22)31-16-7-8-19-35(31)2)25-20-24-12-5-6-13-26(24)30(21-25)23-10-3-4-11-23/h7-9,14-21,23H,3-6,10-13H2,1-2H3/q+1/i23D. The van der Waals surface area contributed by atoms with Crippen LogP contribution in [0.2, 0.25) is 0 Å². The lowest BCUT2D eigenvalue weighted by atomic mass is 9.81. The number of nitrogens with zero attached hydrogens (tertiary/aromatic N) is 1. The summed E-state index contributed by atoms with van der Waals surface area (Å²) in [7, 11) is 2.09. The molecule has 0 atom stereocenters. The predicted molar refractivity (Wildman–Crippen MR) is 148 cm³/mol. The van der Waals surface area contributed by atoms with Gasteiger partial charge in [-0.25, -0.2) is 4.57 Å². The Bertz CT molecular complexity index is 1670. The fraction of sp³-hybridized carbons (Fsp3) is 0.324. The minimum absolute atomic E-state index is 0.439. The van der Waals surface area contributed by atoms with E-state index >= 15 is 0 Å². The molecule has 180 valence electrons. The number of rotatable bonds is 3. The molecule has 2 nitrogen and oxygen atoms in total. The average Bonchev–Trinajstić information content (AvgIpc) is 3.53. The van der Waals surface area contributed by atoms with E-state index in [4.69, 9.17) is 4.42 Å². The molecule has 0 aliphatic heterocycles. The molecule has 36 heavy (non-hydrogen) atoms. The maximum atomic E-state index is 9.41. The quantitative estimate of drug-likeness (QED) is 0.240. The number of furan rings is 1. The van der Waals surface area contributed by atoms with Crippen LogP contribution in [0.4, 0.5) is 0 Å². The Labute approximate surface area is 215 Å². The summed E-state index contributed by atoms with van der Waals surface area (Å²) in [6, 6.07) is 22.1. The third kappa shape index (κ3) is 3.42. The lowest BCUT2D eigenvalue weighted by Crippen LogP contribution is -2.30. The van der Waals surface area contributed by atoms with E-state index in [2.05, 4.69) is 85.4 Å². The summed E-state index contributed by atoms with van der Waals surface area (Å²) >= 11 is 0. The summed E-state index contributed by atoms with van der Waals surface area (Å²) < 4.78 is 18.4. The highest BCUT2D eigenvalue weighted by molar-refractivity contribution is 6.13. The number of hydrogen-bond acceptors (Lipinski definition) is 1. The summed E-state index contributed by atoms with van der Waals surface area (Å²) in [6.07, 6.45) is 11.1. The van der Waals surface area contributed by atoms with Gasteiger partial charge in [-0.3, -0.25) is 0 Å². The molecule has 7 rings (SSSR count). The van der Waals surface area contributed by atoms with Crippen LogP contribution in [-0.4, -0.2) is 0 Å². The number of aromatic nitrogens is 1. The molecular formula is C34H34NO+. The maximum absolute atomic E-state index is 9.41. The van der Waals surface area contributed by atoms with E-state index in [1.54, 1.807) is 0 Å². The molecule has 3 aromatic carbocycles. The van der Waals surface area contributed by atoms with Crippen LogP contribution in [-0.2, 0) is 19.9 Å². The Hall–Kier alpha value is -3.39. The number of benzene rings is 3. The van der Waals surface area contributed by atoms with Crippen LogP contribution in [0, 0.1) is 6.92 Å². The summed E-state index contributed by atoms with van der Waals surface area (Å²) in [6.45, 7) is 2.17. The molecule has 2 heterocycles. The molecule has 2 heteroatoms. The zero-order valence-corrected chi connectivity index (χ0v) is 21.4. The second kappa shape index (κ2) is 8.62. The first-order valence-corrected chi connectivity index (χ1v) is 13.6. The topological polar surface area (TPSA) is 17.0 Å². The van der Waals surface area contributed by atoms with Gasteiger partial charge >= 0.3 is 0 Å². The second-order valence-corrected chi connectivity index (χ2v) is 10.8. The summed E-state index contributed by atoms with van der Waals surface area (Å²) in [5.41, 5.74) is 12.0. The molecule has 0 bridgehead atoms. The number of hydrogen-bond donors (Lipinski definition) is 0. The third-order valence-corrected chi connectivity index (χ3v) is 8.55. The van der Waals surface area contributed by atoms with Crippen molar-refractivity contribution in [3.63, 3.8) is 0 Å². The van der Waals surface area contributed by atoms with Gasteiger partial charge in [-0.1, -0.05) is 55.3 Å². The highest BCUT2D eigenvalue weighted by Crippen LogP contribution is 2.44. The Kier molecular flexibility index (Phi) is 4.97. The lowest BCUT2D eigenvalue weighted by molar-refractivity contribution is -0.660. The van der Waals surface area contributed by atoms with Crippen molar-refractivity contribution >= 4 is 21.9 Å². The summed E-state index contributed by atoms with van der Waals surface area (Å²) in [5.74, 6) is -0.439. The van der Waals surface area contributed by atoms with Crippen molar-refractivity contribution in [2.75, 3.05) is 0 Å². The van der Waals surface area contributed by atoms with Gasteiger partial charge in [-0.05, 0) is 85.2 Å². The molecule has 0 spiro atoms. The van der Waals surface area contributed by atoms with Crippen molar-refractivity contribution in [3.8, 4) is 22.4 Å². The van der Waals surface area contributed by atoms with Crippen molar-refractivity contribution in [1.29, 1.82) is 0 Å². The highest BCUT2D eigenvalue weighted by atomic mass is 16.3. The first kappa shape index (κ1) is 20.8. The molecule has 5 aromatic rings. The molecule has 1 saturated carbocycles. The summed E-state index contributed by atoms with van der Waals surface area (Å²) in [4.78, 5) is 0. The molecule has 0 amide bonds. The number of pyridine rings is 1. The van der Waals surface area contributed by atoms with E-state index in [1.165, 1.54) is 53.5 Å². The van der Waals surface area contributed by atoms with Crippen LogP contribution in [0.25, 0.3) is 44.3 Å².